The van der Waals surface area contributed by atoms with Gasteiger partial charge in [-0.15, -0.1) is 0 Å². The Morgan fingerprint density at radius 3 is 2.13 bits per heavy atom. The second-order valence-corrected chi connectivity index (χ2v) is 9.37. The molecule has 0 unspecified atom stereocenters. The zero-order valence-corrected chi connectivity index (χ0v) is 20.6. The SMILES string of the molecule is Fc1cccc(COc2ccc(-c3cc(CN4CCN(Cc5ccc(C(F)(F)F)cc5)CC4)no3)cc2)c1. The summed E-state index contributed by atoms with van der Waals surface area (Å²) in [6.45, 7) is 4.88. The average Bonchev–Trinajstić information content (AvgIpc) is 3.37. The molecule has 198 valence electrons. The smallest absolute Gasteiger partial charge is 0.416 e. The Labute approximate surface area is 218 Å². The molecule has 9 heteroatoms. The molecule has 0 bridgehead atoms. The zero-order chi connectivity index (χ0) is 26.5. The highest BCUT2D eigenvalue weighted by Crippen LogP contribution is 2.29. The molecule has 3 aromatic carbocycles. The van der Waals surface area contributed by atoms with Gasteiger partial charge in [0.2, 0.25) is 0 Å². The summed E-state index contributed by atoms with van der Waals surface area (Å²) in [6, 6.07) is 21.1. The molecule has 0 atom stereocenters. The van der Waals surface area contributed by atoms with Crippen molar-refractivity contribution in [1.82, 2.24) is 15.0 Å². The summed E-state index contributed by atoms with van der Waals surface area (Å²) >= 11 is 0. The second-order valence-electron chi connectivity index (χ2n) is 9.37. The average molecular weight is 526 g/mol. The van der Waals surface area contributed by atoms with Gasteiger partial charge in [0.15, 0.2) is 5.76 Å². The fourth-order valence-electron chi connectivity index (χ4n) is 4.42. The van der Waals surface area contributed by atoms with E-state index in [-0.39, 0.29) is 12.4 Å². The van der Waals surface area contributed by atoms with Crippen molar-refractivity contribution >= 4 is 0 Å². The molecule has 4 aromatic rings. The Balaban J connectivity index is 1.09. The van der Waals surface area contributed by atoms with Crippen molar-refractivity contribution in [2.45, 2.75) is 25.9 Å². The van der Waals surface area contributed by atoms with Crippen LogP contribution in [0.4, 0.5) is 17.6 Å². The third-order valence-electron chi connectivity index (χ3n) is 6.53. The highest BCUT2D eigenvalue weighted by molar-refractivity contribution is 5.58. The molecule has 0 saturated carbocycles. The van der Waals surface area contributed by atoms with Crippen LogP contribution >= 0.6 is 0 Å². The molecule has 0 N–H and O–H groups in total. The van der Waals surface area contributed by atoms with Crippen LogP contribution in [0.3, 0.4) is 0 Å². The first-order valence-corrected chi connectivity index (χ1v) is 12.4. The van der Waals surface area contributed by atoms with Crippen molar-refractivity contribution in [3.63, 3.8) is 0 Å². The van der Waals surface area contributed by atoms with Crippen LogP contribution in [0.5, 0.6) is 5.75 Å². The summed E-state index contributed by atoms with van der Waals surface area (Å²) < 4.78 is 62.9. The Kier molecular flexibility index (Phi) is 7.76. The van der Waals surface area contributed by atoms with Crippen LogP contribution < -0.4 is 4.74 Å². The Hall–Kier alpha value is -3.69. The van der Waals surface area contributed by atoms with Gasteiger partial charge in [-0.25, -0.2) is 4.39 Å². The fraction of sp³-hybridized carbons (Fsp3) is 0.276. The monoisotopic (exact) mass is 525 g/mol. The first kappa shape index (κ1) is 25.9. The number of ether oxygens (including phenoxy) is 1. The molecule has 1 fully saturated rings. The zero-order valence-electron chi connectivity index (χ0n) is 20.6. The minimum Gasteiger partial charge on any atom is -0.489 e. The number of hydrogen-bond donors (Lipinski definition) is 0. The third kappa shape index (κ3) is 6.79. The lowest BCUT2D eigenvalue weighted by molar-refractivity contribution is -0.137. The summed E-state index contributed by atoms with van der Waals surface area (Å²) in [5, 5.41) is 4.22. The summed E-state index contributed by atoms with van der Waals surface area (Å²) in [5.41, 5.74) is 2.72. The molecule has 0 amide bonds. The van der Waals surface area contributed by atoms with E-state index >= 15 is 0 Å². The number of benzene rings is 3. The van der Waals surface area contributed by atoms with Gasteiger partial charge in [-0.05, 0) is 59.7 Å². The maximum Gasteiger partial charge on any atom is 0.416 e. The summed E-state index contributed by atoms with van der Waals surface area (Å²) in [4.78, 5) is 4.53. The molecule has 1 aromatic heterocycles. The number of piperazine rings is 1. The predicted octanol–water partition coefficient (Wildman–Crippen LogP) is 6.40. The van der Waals surface area contributed by atoms with Crippen LogP contribution in [0.15, 0.2) is 83.4 Å². The highest BCUT2D eigenvalue weighted by Gasteiger charge is 2.30. The van der Waals surface area contributed by atoms with Gasteiger partial charge < -0.3 is 9.26 Å². The Bertz CT molecular complexity index is 1330. The first-order chi connectivity index (χ1) is 18.3. The molecule has 0 radical (unpaired) electrons. The number of halogens is 4. The number of alkyl halides is 3. The Morgan fingerprint density at radius 2 is 1.47 bits per heavy atom. The van der Waals surface area contributed by atoms with E-state index in [9.17, 15) is 17.6 Å². The molecule has 38 heavy (non-hydrogen) atoms. The molecule has 1 aliphatic rings. The van der Waals surface area contributed by atoms with Crippen LogP contribution in [0.2, 0.25) is 0 Å². The van der Waals surface area contributed by atoms with Crippen LogP contribution in [0.25, 0.3) is 11.3 Å². The maximum absolute atomic E-state index is 13.3. The summed E-state index contributed by atoms with van der Waals surface area (Å²) in [5.74, 6) is 1.05. The van der Waals surface area contributed by atoms with Crippen LogP contribution in [-0.4, -0.2) is 41.1 Å². The van der Waals surface area contributed by atoms with Gasteiger partial charge in [-0.1, -0.05) is 29.4 Å². The van der Waals surface area contributed by atoms with Crippen molar-refractivity contribution in [3.05, 3.63) is 107 Å². The number of nitrogens with zero attached hydrogens (tertiary/aromatic N) is 3. The van der Waals surface area contributed by atoms with Crippen LogP contribution in [-0.2, 0) is 25.9 Å². The van der Waals surface area contributed by atoms with E-state index in [0.717, 1.165) is 60.7 Å². The molecule has 2 heterocycles. The number of hydrogen-bond acceptors (Lipinski definition) is 5. The first-order valence-electron chi connectivity index (χ1n) is 12.4. The van der Waals surface area contributed by atoms with E-state index in [2.05, 4.69) is 15.0 Å². The van der Waals surface area contributed by atoms with Crippen LogP contribution in [0.1, 0.15) is 22.4 Å². The second kappa shape index (κ2) is 11.4. The van der Waals surface area contributed by atoms with Gasteiger partial charge in [0.05, 0.1) is 11.3 Å². The van der Waals surface area contributed by atoms with Gasteiger partial charge in [0.1, 0.15) is 18.2 Å². The normalized spacial score (nSPS) is 15.1. The molecule has 5 nitrogen and oxygen atoms in total. The quantitative estimate of drug-likeness (QED) is 0.249. The maximum atomic E-state index is 13.3. The molecule has 1 saturated heterocycles. The van der Waals surface area contributed by atoms with Crippen molar-refractivity contribution in [2.75, 3.05) is 26.2 Å². The van der Waals surface area contributed by atoms with Crippen molar-refractivity contribution in [3.8, 4) is 17.1 Å². The lowest BCUT2D eigenvalue weighted by Gasteiger charge is -2.34. The highest BCUT2D eigenvalue weighted by atomic mass is 19.4. The van der Waals surface area contributed by atoms with E-state index in [1.165, 1.54) is 12.1 Å². The summed E-state index contributed by atoms with van der Waals surface area (Å²) in [6.07, 6.45) is -4.31. The number of aromatic nitrogens is 1. The van der Waals surface area contributed by atoms with E-state index in [1.54, 1.807) is 18.2 Å². The lowest BCUT2D eigenvalue weighted by atomic mass is 10.1. The van der Waals surface area contributed by atoms with E-state index in [4.69, 9.17) is 9.26 Å². The molecular formula is C29H27F4N3O2. The molecule has 0 spiro atoms. The topological polar surface area (TPSA) is 41.7 Å². The van der Waals surface area contributed by atoms with Gasteiger partial charge in [0, 0.05) is 50.9 Å². The predicted molar refractivity (Wildman–Crippen MR) is 135 cm³/mol. The van der Waals surface area contributed by atoms with Gasteiger partial charge in [0.25, 0.3) is 0 Å². The van der Waals surface area contributed by atoms with Gasteiger partial charge >= 0.3 is 6.18 Å². The molecule has 0 aliphatic carbocycles. The molecule has 5 rings (SSSR count). The van der Waals surface area contributed by atoms with Gasteiger partial charge in [-0.2, -0.15) is 13.2 Å². The minimum atomic E-state index is -4.31. The molecular weight excluding hydrogens is 498 g/mol. The van der Waals surface area contributed by atoms with Gasteiger partial charge in [-0.3, -0.25) is 9.80 Å². The Morgan fingerprint density at radius 1 is 0.789 bits per heavy atom. The van der Waals surface area contributed by atoms with E-state index in [0.29, 0.717) is 24.6 Å². The number of rotatable bonds is 8. The van der Waals surface area contributed by atoms with Crippen molar-refractivity contribution in [1.29, 1.82) is 0 Å². The molecule has 1 aliphatic heterocycles. The van der Waals surface area contributed by atoms with Crippen molar-refractivity contribution < 1.29 is 26.8 Å². The fourth-order valence-corrected chi connectivity index (χ4v) is 4.42. The van der Waals surface area contributed by atoms with Crippen LogP contribution in [0, 0.1) is 5.82 Å². The lowest BCUT2D eigenvalue weighted by Crippen LogP contribution is -2.45. The third-order valence-corrected chi connectivity index (χ3v) is 6.53. The summed E-state index contributed by atoms with van der Waals surface area (Å²) in [7, 11) is 0. The largest absolute Gasteiger partial charge is 0.489 e. The minimum absolute atomic E-state index is 0.279. The van der Waals surface area contributed by atoms with E-state index < -0.39 is 11.7 Å². The van der Waals surface area contributed by atoms with E-state index in [1.807, 2.05) is 36.4 Å². The standard InChI is InChI=1S/C29H27F4N3O2/c30-25-3-1-2-22(16-25)20-37-27-10-6-23(7-11-27)28-17-26(34-38-28)19-36-14-12-35(13-15-36)18-21-4-8-24(9-5-21)29(31,32)33/h1-11,16-17H,12-15,18-20H2. The van der Waals surface area contributed by atoms with Crippen molar-refractivity contribution in [2.24, 2.45) is 0 Å².